The normalized spacial score (nSPS) is 12.8. The van der Waals surface area contributed by atoms with Gasteiger partial charge in [0, 0.05) is 23.9 Å². The summed E-state index contributed by atoms with van der Waals surface area (Å²) in [6.45, 7) is -0.899. The average Bonchev–Trinajstić information content (AvgIpc) is 2.88. The van der Waals surface area contributed by atoms with Crippen LogP contribution in [0.1, 0.15) is 16.8 Å². The molecule has 0 spiro atoms. The second-order valence-corrected chi connectivity index (χ2v) is 4.66. The van der Waals surface area contributed by atoms with Gasteiger partial charge in [-0.15, -0.1) is 0 Å². The summed E-state index contributed by atoms with van der Waals surface area (Å²) in [6.07, 6.45) is -7.52. The molecular weight excluding hydrogens is 297 g/mol. The van der Waals surface area contributed by atoms with E-state index in [2.05, 4.69) is 5.32 Å². The lowest BCUT2D eigenvalue weighted by Gasteiger charge is -2.14. The lowest BCUT2D eigenvalue weighted by atomic mass is 10.3. The number of carbonyl (C=O) groups excluding carboxylic acids is 2. The number of alkyl halides is 3. The van der Waals surface area contributed by atoms with E-state index in [4.69, 9.17) is 5.11 Å². The molecule has 9 heteroatoms. The van der Waals surface area contributed by atoms with E-state index in [0.717, 1.165) is 0 Å². The Morgan fingerprint density at radius 1 is 1.35 bits per heavy atom. The van der Waals surface area contributed by atoms with Crippen LogP contribution in [-0.2, 0) is 4.79 Å². The van der Waals surface area contributed by atoms with E-state index in [1.807, 2.05) is 5.32 Å². The number of nitrogens with one attached hydrogen (secondary N) is 2. The van der Waals surface area contributed by atoms with Gasteiger partial charge in [-0.2, -0.15) is 24.5 Å². The Balaban J connectivity index is 2.19. The summed E-state index contributed by atoms with van der Waals surface area (Å²) >= 11 is 1.35. The van der Waals surface area contributed by atoms with Crippen LogP contribution in [0.3, 0.4) is 0 Å². The second-order valence-electron chi connectivity index (χ2n) is 3.88. The molecule has 20 heavy (non-hydrogen) atoms. The van der Waals surface area contributed by atoms with Crippen LogP contribution >= 0.6 is 11.3 Å². The van der Waals surface area contributed by atoms with Gasteiger partial charge >= 0.3 is 6.18 Å². The van der Waals surface area contributed by atoms with Crippen molar-refractivity contribution in [1.82, 2.24) is 10.6 Å². The molecule has 1 heterocycles. The molecule has 1 rings (SSSR count). The van der Waals surface area contributed by atoms with Gasteiger partial charge in [-0.3, -0.25) is 9.59 Å². The first kappa shape index (κ1) is 16.4. The number of hydrogen-bond acceptors (Lipinski definition) is 4. The predicted octanol–water partition coefficient (Wildman–Crippen LogP) is 0.907. The van der Waals surface area contributed by atoms with Crippen LogP contribution in [0.4, 0.5) is 13.2 Å². The topological polar surface area (TPSA) is 78.4 Å². The molecule has 0 bridgehead atoms. The summed E-state index contributed by atoms with van der Waals surface area (Å²) < 4.78 is 35.9. The molecule has 0 fully saturated rings. The molecule has 2 amide bonds. The van der Waals surface area contributed by atoms with Crippen LogP contribution < -0.4 is 10.6 Å². The molecule has 0 saturated heterocycles. The number of carbonyl (C=O) groups is 2. The molecule has 0 aliphatic carbocycles. The zero-order valence-electron chi connectivity index (χ0n) is 10.2. The van der Waals surface area contributed by atoms with Gasteiger partial charge in [-0.05, 0) is 11.4 Å². The van der Waals surface area contributed by atoms with E-state index < -0.39 is 24.7 Å². The number of aliphatic hydroxyl groups is 1. The monoisotopic (exact) mass is 310 g/mol. The van der Waals surface area contributed by atoms with Gasteiger partial charge in [-0.1, -0.05) is 0 Å². The van der Waals surface area contributed by atoms with Crippen molar-refractivity contribution in [3.8, 4) is 0 Å². The fourth-order valence-electron chi connectivity index (χ4n) is 1.20. The van der Waals surface area contributed by atoms with Crippen LogP contribution in [-0.4, -0.2) is 42.3 Å². The molecule has 0 radical (unpaired) electrons. The van der Waals surface area contributed by atoms with Crippen molar-refractivity contribution >= 4 is 23.2 Å². The molecule has 1 atom stereocenters. The Bertz CT molecular complexity index is 448. The van der Waals surface area contributed by atoms with Crippen LogP contribution in [0.5, 0.6) is 0 Å². The van der Waals surface area contributed by atoms with E-state index in [-0.39, 0.29) is 18.9 Å². The highest BCUT2D eigenvalue weighted by Crippen LogP contribution is 2.19. The number of rotatable bonds is 6. The summed E-state index contributed by atoms with van der Waals surface area (Å²) in [4.78, 5) is 22.7. The van der Waals surface area contributed by atoms with Crippen molar-refractivity contribution in [3.05, 3.63) is 22.4 Å². The Morgan fingerprint density at radius 2 is 2.05 bits per heavy atom. The first-order valence-corrected chi connectivity index (χ1v) is 6.57. The summed E-state index contributed by atoms with van der Waals surface area (Å²) in [6, 6.07) is 1.61. The third-order valence-electron chi connectivity index (χ3n) is 2.29. The molecule has 0 saturated carbocycles. The van der Waals surface area contributed by atoms with Gasteiger partial charge in [0.2, 0.25) is 5.91 Å². The lowest BCUT2D eigenvalue weighted by Crippen LogP contribution is -2.41. The molecule has 5 nitrogen and oxygen atoms in total. The minimum absolute atomic E-state index is 0.00261. The first-order chi connectivity index (χ1) is 9.30. The number of aliphatic hydroxyl groups excluding tert-OH is 1. The molecule has 0 aromatic carbocycles. The van der Waals surface area contributed by atoms with Crippen LogP contribution in [0.2, 0.25) is 0 Å². The SMILES string of the molecule is O=C(CCNC(=O)c1ccsc1)NCC(O)C(F)(F)F. The van der Waals surface area contributed by atoms with Crippen molar-refractivity contribution in [1.29, 1.82) is 0 Å². The highest BCUT2D eigenvalue weighted by atomic mass is 32.1. The van der Waals surface area contributed by atoms with Crippen LogP contribution in [0.15, 0.2) is 16.8 Å². The Kier molecular flexibility index (Phi) is 5.96. The van der Waals surface area contributed by atoms with Crippen LogP contribution in [0.25, 0.3) is 0 Å². The van der Waals surface area contributed by atoms with Crippen LogP contribution in [0, 0.1) is 0 Å². The van der Waals surface area contributed by atoms with Crippen molar-refractivity contribution < 1.29 is 27.9 Å². The maximum Gasteiger partial charge on any atom is 0.416 e. The highest BCUT2D eigenvalue weighted by Gasteiger charge is 2.38. The third kappa shape index (κ3) is 5.57. The van der Waals surface area contributed by atoms with Gasteiger partial charge in [-0.25, -0.2) is 0 Å². The van der Waals surface area contributed by atoms with Gasteiger partial charge in [0.1, 0.15) is 0 Å². The maximum absolute atomic E-state index is 12.0. The molecule has 1 aromatic heterocycles. The Hall–Kier alpha value is -1.61. The fraction of sp³-hybridized carbons (Fsp3) is 0.455. The molecule has 0 aliphatic rings. The summed E-state index contributed by atoms with van der Waals surface area (Å²) in [5, 5.41) is 16.4. The zero-order chi connectivity index (χ0) is 15.2. The van der Waals surface area contributed by atoms with E-state index >= 15 is 0 Å². The van der Waals surface area contributed by atoms with E-state index in [9.17, 15) is 22.8 Å². The fourth-order valence-corrected chi connectivity index (χ4v) is 1.84. The number of hydrogen-bond donors (Lipinski definition) is 3. The molecule has 112 valence electrons. The smallest absolute Gasteiger partial charge is 0.382 e. The Labute approximate surface area is 116 Å². The molecule has 0 aliphatic heterocycles. The minimum Gasteiger partial charge on any atom is -0.382 e. The number of thiophene rings is 1. The van der Waals surface area contributed by atoms with E-state index in [1.165, 1.54) is 11.3 Å². The van der Waals surface area contributed by atoms with Gasteiger partial charge in [0.25, 0.3) is 5.91 Å². The number of halogens is 3. The molecular formula is C11H13F3N2O3S. The quantitative estimate of drug-likeness (QED) is 0.731. The van der Waals surface area contributed by atoms with Crippen molar-refractivity contribution in [2.75, 3.05) is 13.1 Å². The summed E-state index contributed by atoms with van der Waals surface area (Å²) in [5.41, 5.74) is 0.461. The lowest BCUT2D eigenvalue weighted by molar-refractivity contribution is -0.201. The molecule has 1 unspecified atom stereocenters. The minimum atomic E-state index is -4.76. The highest BCUT2D eigenvalue weighted by molar-refractivity contribution is 7.08. The van der Waals surface area contributed by atoms with E-state index in [0.29, 0.717) is 5.56 Å². The predicted molar refractivity (Wildman–Crippen MR) is 66.3 cm³/mol. The average molecular weight is 310 g/mol. The molecule has 1 aromatic rings. The third-order valence-corrected chi connectivity index (χ3v) is 2.97. The number of amides is 2. The first-order valence-electron chi connectivity index (χ1n) is 5.62. The van der Waals surface area contributed by atoms with Crippen molar-refractivity contribution in [3.63, 3.8) is 0 Å². The van der Waals surface area contributed by atoms with E-state index in [1.54, 1.807) is 16.8 Å². The van der Waals surface area contributed by atoms with Crippen molar-refractivity contribution in [2.45, 2.75) is 18.7 Å². The Morgan fingerprint density at radius 3 is 2.60 bits per heavy atom. The van der Waals surface area contributed by atoms with Gasteiger partial charge < -0.3 is 15.7 Å². The largest absolute Gasteiger partial charge is 0.416 e. The second kappa shape index (κ2) is 7.25. The zero-order valence-corrected chi connectivity index (χ0v) is 11.1. The van der Waals surface area contributed by atoms with Gasteiger partial charge in [0.05, 0.1) is 6.54 Å². The summed E-state index contributed by atoms with van der Waals surface area (Å²) in [7, 11) is 0. The maximum atomic E-state index is 12.0. The van der Waals surface area contributed by atoms with Gasteiger partial charge in [0.15, 0.2) is 6.10 Å². The molecule has 3 N–H and O–H groups in total. The standard InChI is InChI=1S/C11H13F3N2O3S/c12-11(13,14)8(17)5-16-9(18)1-3-15-10(19)7-2-4-20-6-7/h2,4,6,8,17H,1,3,5H2,(H,15,19)(H,16,18). The summed E-state index contributed by atoms with van der Waals surface area (Å²) in [5.74, 6) is -1.03. The van der Waals surface area contributed by atoms with Crippen molar-refractivity contribution in [2.24, 2.45) is 0 Å².